The minimum atomic E-state index is -0.0834. The van der Waals surface area contributed by atoms with E-state index in [9.17, 15) is 4.79 Å². The predicted octanol–water partition coefficient (Wildman–Crippen LogP) is 2.90. The van der Waals surface area contributed by atoms with Crippen molar-refractivity contribution < 1.29 is 4.79 Å². The van der Waals surface area contributed by atoms with Gasteiger partial charge in [0.25, 0.3) is 5.91 Å². The number of nitrogens with one attached hydrogen (secondary N) is 1. The van der Waals surface area contributed by atoms with Gasteiger partial charge in [-0.3, -0.25) is 9.78 Å². The zero-order valence-electron chi connectivity index (χ0n) is 14.0. The summed E-state index contributed by atoms with van der Waals surface area (Å²) in [5, 5.41) is 3.37. The van der Waals surface area contributed by atoms with Crippen LogP contribution in [0.3, 0.4) is 0 Å². The zero-order valence-corrected chi connectivity index (χ0v) is 14.8. The monoisotopic (exact) mass is 367 g/mol. The molecule has 0 bridgehead atoms. The fourth-order valence-electron chi connectivity index (χ4n) is 3.49. The van der Waals surface area contributed by atoms with E-state index in [2.05, 4.69) is 19.9 Å². The average Bonchev–Trinajstić information content (AvgIpc) is 3.07. The lowest BCUT2D eigenvalue weighted by Gasteiger charge is -2.28. The fraction of sp³-hybridized carbons (Fsp3) is 0.211. The maximum Gasteiger partial charge on any atom is 0.268 e. The molecule has 1 atom stereocenters. The summed E-state index contributed by atoms with van der Waals surface area (Å²) in [7, 11) is 0. The lowest BCUT2D eigenvalue weighted by Crippen LogP contribution is -2.39. The zero-order chi connectivity index (χ0) is 18.1. The summed E-state index contributed by atoms with van der Waals surface area (Å²) < 4.78 is 2.10. The van der Waals surface area contributed by atoms with E-state index in [1.165, 1.54) is 0 Å². The molecule has 132 valence electrons. The molecule has 7 heteroatoms. The minimum Gasteiger partial charge on any atom is -0.349 e. The molecular weight excluding hydrogens is 350 g/mol. The number of fused-ring (bicyclic) bond motifs is 1. The Bertz CT molecular complexity index is 954. The average molecular weight is 368 g/mol. The highest BCUT2D eigenvalue weighted by atomic mass is 35.5. The molecule has 26 heavy (non-hydrogen) atoms. The molecule has 0 saturated carbocycles. The largest absolute Gasteiger partial charge is 0.349 e. The Kier molecular flexibility index (Phi) is 4.44. The third kappa shape index (κ3) is 2.87. The summed E-state index contributed by atoms with van der Waals surface area (Å²) in [5.41, 5.74) is 10.3. The number of nitrogens with two attached hydrogens (primary N) is 1. The molecule has 3 aromatic heterocycles. The maximum atomic E-state index is 12.5. The van der Waals surface area contributed by atoms with Gasteiger partial charge in [-0.15, -0.1) is 0 Å². The van der Waals surface area contributed by atoms with Gasteiger partial charge >= 0.3 is 0 Å². The first kappa shape index (κ1) is 16.8. The molecule has 1 aliphatic heterocycles. The van der Waals surface area contributed by atoms with Crippen molar-refractivity contribution in [2.75, 3.05) is 13.1 Å². The number of pyridine rings is 2. The van der Waals surface area contributed by atoms with Gasteiger partial charge in [0, 0.05) is 36.3 Å². The van der Waals surface area contributed by atoms with E-state index in [1.807, 2.05) is 30.3 Å². The molecule has 3 aromatic rings. The van der Waals surface area contributed by atoms with E-state index in [0.29, 0.717) is 23.9 Å². The minimum absolute atomic E-state index is 0.0834. The second kappa shape index (κ2) is 6.90. The highest BCUT2D eigenvalue weighted by Crippen LogP contribution is 2.39. The van der Waals surface area contributed by atoms with E-state index < -0.39 is 0 Å². The smallest absolute Gasteiger partial charge is 0.268 e. The van der Waals surface area contributed by atoms with Gasteiger partial charge in [0.2, 0.25) is 0 Å². The van der Waals surface area contributed by atoms with E-state index in [4.69, 9.17) is 17.3 Å². The summed E-state index contributed by atoms with van der Waals surface area (Å²) >= 11 is 6.10. The lowest BCUT2D eigenvalue weighted by atomic mass is 10.0. The standard InChI is InChI=1S/C19H18ClN5O/c20-17-9-13(4-8-23-17)15-10-16-19(26)24-11-14(1-5-21)25(16)18(15)12-2-6-22-7-3-12/h2-4,6-10,14H,1,5,11,21H2,(H,24,26). The van der Waals surface area contributed by atoms with Crippen molar-refractivity contribution in [3.8, 4) is 22.4 Å². The first-order chi connectivity index (χ1) is 12.7. The van der Waals surface area contributed by atoms with Crippen LogP contribution in [0.5, 0.6) is 0 Å². The van der Waals surface area contributed by atoms with E-state index >= 15 is 0 Å². The summed E-state index contributed by atoms with van der Waals surface area (Å²) in [4.78, 5) is 20.7. The number of amides is 1. The molecule has 4 rings (SSSR count). The molecule has 1 aliphatic rings. The SMILES string of the molecule is NCCC1CNC(=O)c2cc(-c3ccnc(Cl)c3)c(-c3ccncc3)n21. The molecular formula is C19H18ClN5O. The van der Waals surface area contributed by atoms with Crippen molar-refractivity contribution in [3.05, 3.63) is 59.8 Å². The first-order valence-corrected chi connectivity index (χ1v) is 8.82. The Morgan fingerprint density at radius 2 is 1.96 bits per heavy atom. The van der Waals surface area contributed by atoms with Crippen LogP contribution in [0.1, 0.15) is 23.0 Å². The highest BCUT2D eigenvalue weighted by molar-refractivity contribution is 6.29. The van der Waals surface area contributed by atoms with E-state index in [-0.39, 0.29) is 11.9 Å². The predicted molar refractivity (Wildman–Crippen MR) is 101 cm³/mol. The van der Waals surface area contributed by atoms with Gasteiger partial charge in [-0.25, -0.2) is 4.98 Å². The van der Waals surface area contributed by atoms with Crippen LogP contribution in [0.25, 0.3) is 22.4 Å². The van der Waals surface area contributed by atoms with E-state index in [0.717, 1.165) is 28.8 Å². The quantitative estimate of drug-likeness (QED) is 0.694. The van der Waals surface area contributed by atoms with Crippen LogP contribution in [0.2, 0.25) is 5.15 Å². The van der Waals surface area contributed by atoms with E-state index in [1.54, 1.807) is 18.6 Å². The second-order valence-corrected chi connectivity index (χ2v) is 6.59. The number of carbonyl (C=O) groups excluding carboxylic acids is 1. The van der Waals surface area contributed by atoms with Crippen LogP contribution < -0.4 is 11.1 Å². The van der Waals surface area contributed by atoms with Gasteiger partial charge in [-0.2, -0.15) is 0 Å². The van der Waals surface area contributed by atoms with Crippen LogP contribution in [0.15, 0.2) is 48.9 Å². The number of nitrogens with zero attached hydrogens (tertiary/aromatic N) is 3. The molecule has 6 nitrogen and oxygen atoms in total. The van der Waals surface area contributed by atoms with Crippen molar-refractivity contribution in [2.24, 2.45) is 5.73 Å². The summed E-state index contributed by atoms with van der Waals surface area (Å²) in [6.45, 7) is 1.11. The van der Waals surface area contributed by atoms with Crippen LogP contribution >= 0.6 is 11.6 Å². The van der Waals surface area contributed by atoms with Crippen molar-refractivity contribution in [1.82, 2.24) is 19.9 Å². The Morgan fingerprint density at radius 1 is 1.19 bits per heavy atom. The van der Waals surface area contributed by atoms with Crippen molar-refractivity contribution in [1.29, 1.82) is 0 Å². The number of hydrogen-bond donors (Lipinski definition) is 2. The molecule has 0 aliphatic carbocycles. The third-order valence-corrected chi connectivity index (χ3v) is 4.83. The molecule has 1 amide bonds. The number of halogens is 1. The number of rotatable bonds is 4. The van der Waals surface area contributed by atoms with Crippen molar-refractivity contribution in [2.45, 2.75) is 12.5 Å². The lowest BCUT2D eigenvalue weighted by molar-refractivity contribution is 0.0914. The summed E-state index contributed by atoms with van der Waals surface area (Å²) in [6.07, 6.45) is 5.94. The third-order valence-electron chi connectivity index (χ3n) is 4.62. The molecule has 0 radical (unpaired) electrons. The van der Waals surface area contributed by atoms with Crippen LogP contribution in [-0.2, 0) is 0 Å². The van der Waals surface area contributed by atoms with Gasteiger partial charge in [-0.05, 0) is 48.9 Å². The normalized spacial score (nSPS) is 16.2. The maximum absolute atomic E-state index is 12.5. The second-order valence-electron chi connectivity index (χ2n) is 6.21. The molecule has 0 aromatic carbocycles. The first-order valence-electron chi connectivity index (χ1n) is 8.45. The highest BCUT2D eigenvalue weighted by Gasteiger charge is 2.30. The molecule has 1 unspecified atom stereocenters. The summed E-state index contributed by atoms with van der Waals surface area (Å²) in [6, 6.07) is 9.61. The Balaban J connectivity index is 2.00. The van der Waals surface area contributed by atoms with Crippen LogP contribution in [0.4, 0.5) is 0 Å². The topological polar surface area (TPSA) is 85.8 Å². The van der Waals surface area contributed by atoms with Crippen LogP contribution in [0, 0.1) is 0 Å². The molecule has 0 spiro atoms. The number of hydrogen-bond acceptors (Lipinski definition) is 4. The molecule has 0 saturated heterocycles. The molecule has 3 N–H and O–H groups in total. The Labute approximate surface area is 156 Å². The number of carbonyl (C=O) groups is 1. The van der Waals surface area contributed by atoms with Crippen molar-refractivity contribution in [3.63, 3.8) is 0 Å². The van der Waals surface area contributed by atoms with Gasteiger partial charge in [-0.1, -0.05) is 11.6 Å². The fourth-order valence-corrected chi connectivity index (χ4v) is 3.66. The Morgan fingerprint density at radius 3 is 2.69 bits per heavy atom. The van der Waals surface area contributed by atoms with Gasteiger partial charge in [0.05, 0.1) is 11.7 Å². The van der Waals surface area contributed by atoms with Crippen molar-refractivity contribution >= 4 is 17.5 Å². The van der Waals surface area contributed by atoms with Crippen LogP contribution in [-0.4, -0.2) is 33.5 Å². The molecule has 0 fully saturated rings. The summed E-state index contributed by atoms with van der Waals surface area (Å²) in [5.74, 6) is -0.0834. The molecule has 4 heterocycles. The van der Waals surface area contributed by atoms with Gasteiger partial charge in [0.15, 0.2) is 0 Å². The Hall–Kier alpha value is -2.70. The number of aromatic nitrogens is 3. The van der Waals surface area contributed by atoms with Gasteiger partial charge in [0.1, 0.15) is 10.8 Å². The van der Waals surface area contributed by atoms with Gasteiger partial charge < -0.3 is 15.6 Å².